The number of nitrogens with zero attached hydrogens (tertiary/aromatic N) is 1. The van der Waals surface area contributed by atoms with E-state index in [-0.39, 0.29) is 5.75 Å². The summed E-state index contributed by atoms with van der Waals surface area (Å²) in [5, 5.41) is 5.14. The zero-order chi connectivity index (χ0) is 24.1. The topological polar surface area (TPSA) is 86.2 Å². The summed E-state index contributed by atoms with van der Waals surface area (Å²) >= 11 is 7.65. The van der Waals surface area contributed by atoms with E-state index in [4.69, 9.17) is 25.8 Å². The summed E-state index contributed by atoms with van der Waals surface area (Å²) in [4.78, 5) is 25.4. The number of rotatable bonds is 7. The van der Waals surface area contributed by atoms with Gasteiger partial charge in [-0.15, -0.1) is 11.3 Å². The van der Waals surface area contributed by atoms with E-state index in [1.807, 2.05) is 24.3 Å². The van der Waals surface area contributed by atoms with Gasteiger partial charge in [-0.25, -0.2) is 10.2 Å². The number of fused-ring (bicyclic) bond motifs is 1. The SMILES string of the molecule is COc1cc(/C=N\NC(=O)c2ccccc2OC)ccc1OC(=O)c1sc2ccccc2c1Cl. The van der Waals surface area contributed by atoms with Crippen molar-refractivity contribution in [1.82, 2.24) is 5.43 Å². The van der Waals surface area contributed by atoms with Gasteiger partial charge >= 0.3 is 5.97 Å². The molecule has 3 aromatic carbocycles. The monoisotopic (exact) mass is 494 g/mol. The van der Waals surface area contributed by atoms with Crippen molar-refractivity contribution in [3.63, 3.8) is 0 Å². The van der Waals surface area contributed by atoms with Gasteiger partial charge in [-0.1, -0.05) is 41.9 Å². The molecule has 1 aromatic heterocycles. The minimum atomic E-state index is -0.574. The van der Waals surface area contributed by atoms with Crippen molar-refractivity contribution in [2.45, 2.75) is 0 Å². The Balaban J connectivity index is 1.47. The Labute approximate surface area is 204 Å². The Hall–Kier alpha value is -3.88. The van der Waals surface area contributed by atoms with Crippen LogP contribution in [0.25, 0.3) is 10.1 Å². The average Bonchev–Trinajstić information content (AvgIpc) is 3.21. The van der Waals surface area contributed by atoms with Crippen LogP contribution in [0, 0.1) is 0 Å². The number of hydrogen-bond donors (Lipinski definition) is 1. The fourth-order valence-electron chi connectivity index (χ4n) is 3.20. The lowest BCUT2D eigenvalue weighted by Crippen LogP contribution is -2.18. The van der Waals surface area contributed by atoms with Crippen LogP contribution in [-0.2, 0) is 0 Å². The van der Waals surface area contributed by atoms with Gasteiger partial charge in [0.15, 0.2) is 11.5 Å². The highest BCUT2D eigenvalue weighted by Gasteiger charge is 2.20. The van der Waals surface area contributed by atoms with Gasteiger partial charge in [-0.05, 0) is 42.0 Å². The summed E-state index contributed by atoms with van der Waals surface area (Å²) in [6.07, 6.45) is 1.45. The normalized spacial score (nSPS) is 10.9. The molecular formula is C25H19ClN2O5S. The fraction of sp³-hybridized carbons (Fsp3) is 0.0800. The van der Waals surface area contributed by atoms with Crippen molar-refractivity contribution in [3.05, 3.63) is 87.8 Å². The van der Waals surface area contributed by atoms with Gasteiger partial charge in [0.25, 0.3) is 5.91 Å². The number of halogens is 1. The molecule has 0 radical (unpaired) electrons. The lowest BCUT2D eigenvalue weighted by atomic mass is 10.2. The van der Waals surface area contributed by atoms with E-state index < -0.39 is 11.9 Å². The Morgan fingerprint density at radius 3 is 2.44 bits per heavy atom. The minimum absolute atomic E-state index is 0.233. The number of hydrogen-bond acceptors (Lipinski definition) is 7. The number of nitrogens with one attached hydrogen (secondary N) is 1. The van der Waals surface area contributed by atoms with Crippen molar-refractivity contribution >= 4 is 51.1 Å². The first kappa shape index (κ1) is 23.3. The van der Waals surface area contributed by atoms with Gasteiger partial charge in [0.05, 0.1) is 31.0 Å². The molecule has 172 valence electrons. The van der Waals surface area contributed by atoms with Crippen molar-refractivity contribution in [2.24, 2.45) is 5.10 Å². The molecule has 1 amide bonds. The Kier molecular flexibility index (Phi) is 7.10. The van der Waals surface area contributed by atoms with E-state index in [0.29, 0.717) is 32.5 Å². The molecule has 9 heteroatoms. The number of esters is 1. The zero-order valence-corrected chi connectivity index (χ0v) is 19.8. The van der Waals surface area contributed by atoms with Gasteiger partial charge < -0.3 is 14.2 Å². The third-order valence-electron chi connectivity index (χ3n) is 4.84. The van der Waals surface area contributed by atoms with Crippen molar-refractivity contribution in [1.29, 1.82) is 0 Å². The van der Waals surface area contributed by atoms with Crippen LogP contribution in [0.2, 0.25) is 5.02 Å². The van der Waals surface area contributed by atoms with Gasteiger partial charge in [-0.2, -0.15) is 5.10 Å². The molecule has 0 fully saturated rings. The fourth-order valence-corrected chi connectivity index (χ4v) is 4.58. The van der Waals surface area contributed by atoms with Crippen LogP contribution >= 0.6 is 22.9 Å². The Bertz CT molecular complexity index is 1400. The van der Waals surface area contributed by atoms with Crippen molar-refractivity contribution in [3.8, 4) is 17.2 Å². The number of methoxy groups -OCH3 is 2. The first-order valence-corrected chi connectivity index (χ1v) is 11.2. The van der Waals surface area contributed by atoms with Crippen LogP contribution in [0.1, 0.15) is 25.6 Å². The van der Waals surface area contributed by atoms with Crippen molar-refractivity contribution < 1.29 is 23.8 Å². The maximum Gasteiger partial charge on any atom is 0.355 e. The number of carbonyl (C=O) groups excluding carboxylic acids is 2. The van der Waals surface area contributed by atoms with E-state index in [1.165, 1.54) is 31.8 Å². The summed E-state index contributed by atoms with van der Waals surface area (Å²) in [5.74, 6) is 0.0185. The highest BCUT2D eigenvalue weighted by molar-refractivity contribution is 7.21. The molecule has 4 aromatic rings. The van der Waals surface area contributed by atoms with Crippen LogP contribution in [0.15, 0.2) is 71.8 Å². The highest BCUT2D eigenvalue weighted by atomic mass is 35.5. The zero-order valence-electron chi connectivity index (χ0n) is 18.2. The standard InChI is InChI=1S/C25H19ClN2O5S/c1-31-18-9-5-3-7-16(18)24(29)28-27-14-15-11-12-19(20(13-15)32-2)33-25(30)23-22(26)17-8-4-6-10-21(17)34-23/h3-14H,1-2H3,(H,28,29)/b27-14-. The highest BCUT2D eigenvalue weighted by Crippen LogP contribution is 2.37. The molecule has 0 unspecified atom stereocenters. The van der Waals surface area contributed by atoms with Crippen LogP contribution < -0.4 is 19.6 Å². The average molecular weight is 495 g/mol. The molecule has 0 saturated heterocycles. The molecule has 0 atom stereocenters. The predicted octanol–water partition coefficient (Wildman–Crippen LogP) is 5.56. The van der Waals surface area contributed by atoms with Gasteiger partial charge in [-0.3, -0.25) is 4.79 Å². The van der Waals surface area contributed by atoms with Crippen molar-refractivity contribution in [2.75, 3.05) is 14.2 Å². The van der Waals surface area contributed by atoms with Crippen LogP contribution in [-0.4, -0.2) is 32.3 Å². The van der Waals surface area contributed by atoms with E-state index in [2.05, 4.69) is 10.5 Å². The predicted molar refractivity (Wildman–Crippen MR) is 133 cm³/mol. The van der Waals surface area contributed by atoms with E-state index >= 15 is 0 Å². The molecule has 7 nitrogen and oxygen atoms in total. The van der Waals surface area contributed by atoms with E-state index in [9.17, 15) is 9.59 Å². The van der Waals surface area contributed by atoms with E-state index in [1.54, 1.807) is 42.5 Å². The van der Waals surface area contributed by atoms with Gasteiger partial charge in [0, 0.05) is 10.1 Å². The molecule has 0 bridgehead atoms. The third-order valence-corrected chi connectivity index (χ3v) is 6.50. The second kappa shape index (κ2) is 10.4. The third kappa shape index (κ3) is 4.88. The smallest absolute Gasteiger partial charge is 0.355 e. The Morgan fingerprint density at radius 2 is 1.68 bits per heavy atom. The molecule has 0 spiro atoms. The molecule has 34 heavy (non-hydrogen) atoms. The molecule has 1 heterocycles. The maximum absolute atomic E-state index is 12.8. The first-order chi connectivity index (χ1) is 16.5. The second-order valence-corrected chi connectivity index (χ2v) is 8.37. The molecule has 0 aliphatic carbocycles. The lowest BCUT2D eigenvalue weighted by molar-refractivity contribution is 0.0734. The summed E-state index contributed by atoms with van der Waals surface area (Å²) in [6.45, 7) is 0. The number of carbonyl (C=O) groups is 2. The number of thiophene rings is 1. The summed E-state index contributed by atoms with van der Waals surface area (Å²) in [7, 11) is 2.95. The Morgan fingerprint density at radius 1 is 0.941 bits per heavy atom. The molecule has 1 N–H and O–H groups in total. The quantitative estimate of drug-likeness (QED) is 0.157. The van der Waals surface area contributed by atoms with Gasteiger partial charge in [0.1, 0.15) is 10.6 Å². The largest absolute Gasteiger partial charge is 0.496 e. The maximum atomic E-state index is 12.8. The van der Waals surface area contributed by atoms with E-state index in [0.717, 1.165) is 10.1 Å². The summed E-state index contributed by atoms with van der Waals surface area (Å²) in [5.41, 5.74) is 3.44. The first-order valence-electron chi connectivity index (χ1n) is 10.1. The molecule has 0 aliphatic rings. The van der Waals surface area contributed by atoms with Gasteiger partial charge in [0.2, 0.25) is 0 Å². The molecular weight excluding hydrogens is 476 g/mol. The second-order valence-electron chi connectivity index (χ2n) is 6.94. The number of amides is 1. The summed E-state index contributed by atoms with van der Waals surface area (Å²) in [6, 6.07) is 19.2. The number of hydrazone groups is 1. The number of benzene rings is 3. The van der Waals surface area contributed by atoms with Crippen LogP contribution in [0.5, 0.6) is 17.2 Å². The van der Waals surface area contributed by atoms with Crippen LogP contribution in [0.4, 0.5) is 0 Å². The molecule has 4 rings (SSSR count). The molecule has 0 saturated carbocycles. The summed E-state index contributed by atoms with van der Waals surface area (Å²) < 4.78 is 17.0. The number of ether oxygens (including phenoxy) is 3. The lowest BCUT2D eigenvalue weighted by Gasteiger charge is -2.09. The number of para-hydroxylation sites is 1. The molecule has 0 aliphatic heterocycles. The minimum Gasteiger partial charge on any atom is -0.496 e. The van der Waals surface area contributed by atoms with Crippen LogP contribution in [0.3, 0.4) is 0 Å².